The van der Waals surface area contributed by atoms with Crippen LogP contribution in [-0.4, -0.2) is 16.8 Å². The fraction of sp³-hybridized carbons (Fsp3) is 0.120. The highest BCUT2D eigenvalue weighted by Crippen LogP contribution is 2.43. The van der Waals surface area contributed by atoms with Gasteiger partial charge in [-0.1, -0.05) is 70.5 Å². The van der Waals surface area contributed by atoms with Crippen LogP contribution in [0.2, 0.25) is 0 Å². The maximum absolute atomic E-state index is 13.2. The summed E-state index contributed by atoms with van der Waals surface area (Å²) in [6, 6.07) is 21.4. The maximum Gasteiger partial charge on any atom is 0.300 e. The average Bonchev–Trinajstić information content (AvgIpc) is 2.99. The van der Waals surface area contributed by atoms with Crippen LogP contribution in [0.1, 0.15) is 28.3 Å². The minimum absolute atomic E-state index is 0.0971. The van der Waals surface area contributed by atoms with Crippen LogP contribution in [0.25, 0.3) is 5.76 Å². The van der Waals surface area contributed by atoms with E-state index in [0.29, 0.717) is 11.3 Å². The van der Waals surface area contributed by atoms with Gasteiger partial charge in [-0.2, -0.15) is 0 Å². The van der Waals surface area contributed by atoms with Gasteiger partial charge >= 0.3 is 0 Å². The van der Waals surface area contributed by atoms with Crippen LogP contribution in [0.4, 0.5) is 5.69 Å². The van der Waals surface area contributed by atoms with Gasteiger partial charge < -0.3 is 5.11 Å². The van der Waals surface area contributed by atoms with Gasteiger partial charge in [-0.3, -0.25) is 14.5 Å². The van der Waals surface area contributed by atoms with E-state index < -0.39 is 17.7 Å². The topological polar surface area (TPSA) is 57.6 Å². The average molecular weight is 462 g/mol. The Morgan fingerprint density at radius 3 is 2.10 bits per heavy atom. The molecule has 0 aromatic heterocycles. The lowest BCUT2D eigenvalue weighted by molar-refractivity contribution is -0.132. The number of hydrogen-bond donors (Lipinski definition) is 1. The Morgan fingerprint density at radius 1 is 0.867 bits per heavy atom. The van der Waals surface area contributed by atoms with E-state index in [1.807, 2.05) is 62.4 Å². The van der Waals surface area contributed by atoms with Gasteiger partial charge in [0, 0.05) is 15.7 Å². The highest BCUT2D eigenvalue weighted by Gasteiger charge is 2.47. The molecule has 4 rings (SSSR count). The number of carbonyl (C=O) groups excluding carboxylic acids is 2. The van der Waals surface area contributed by atoms with Crippen LogP contribution < -0.4 is 4.90 Å². The lowest BCUT2D eigenvalue weighted by atomic mass is 9.92. The lowest BCUT2D eigenvalue weighted by Gasteiger charge is -2.27. The van der Waals surface area contributed by atoms with Crippen LogP contribution in [-0.2, 0) is 9.59 Å². The SMILES string of the molecule is Cc1ccccc1C1/C(=C(\O)c2ccc(Br)cc2)C(=O)C(=O)N1c1ccccc1C. The third-order valence-electron chi connectivity index (χ3n) is 5.42. The van der Waals surface area contributed by atoms with Crippen molar-refractivity contribution in [3.8, 4) is 0 Å². The summed E-state index contributed by atoms with van der Waals surface area (Å²) in [4.78, 5) is 27.8. The first-order valence-corrected chi connectivity index (χ1v) is 10.4. The zero-order valence-electron chi connectivity index (χ0n) is 16.6. The molecule has 1 unspecified atom stereocenters. The summed E-state index contributed by atoms with van der Waals surface area (Å²) < 4.78 is 0.856. The standard InChI is InChI=1S/C25H20BrNO3/c1-15-7-3-5-9-19(15)22-21(23(28)17-11-13-18(26)14-12-17)24(29)25(30)27(22)20-10-6-4-8-16(20)2/h3-14,22,28H,1-2H3/b23-21+. The number of aliphatic hydroxyl groups excluding tert-OH is 1. The van der Waals surface area contributed by atoms with Gasteiger partial charge in [-0.15, -0.1) is 0 Å². The number of ketones is 1. The van der Waals surface area contributed by atoms with Crippen LogP contribution in [0.5, 0.6) is 0 Å². The predicted octanol–water partition coefficient (Wildman–Crippen LogP) is 5.69. The molecule has 3 aromatic carbocycles. The zero-order valence-corrected chi connectivity index (χ0v) is 18.2. The third-order valence-corrected chi connectivity index (χ3v) is 5.95. The number of benzene rings is 3. The molecule has 1 aliphatic rings. The molecule has 5 heteroatoms. The first kappa shape index (κ1) is 20.1. The molecule has 1 saturated heterocycles. The lowest BCUT2D eigenvalue weighted by Crippen LogP contribution is -2.30. The van der Waals surface area contributed by atoms with Crippen LogP contribution in [0.3, 0.4) is 0 Å². The zero-order chi connectivity index (χ0) is 21.4. The van der Waals surface area contributed by atoms with Crippen LogP contribution in [0.15, 0.2) is 82.8 Å². The van der Waals surface area contributed by atoms with E-state index in [1.54, 1.807) is 24.3 Å². The monoisotopic (exact) mass is 461 g/mol. The number of anilines is 1. The Balaban J connectivity index is 1.99. The Bertz CT molecular complexity index is 1180. The molecule has 150 valence electrons. The van der Waals surface area contributed by atoms with Gasteiger partial charge in [0.05, 0.1) is 11.6 Å². The fourth-order valence-electron chi connectivity index (χ4n) is 3.87. The van der Waals surface area contributed by atoms with E-state index >= 15 is 0 Å². The molecule has 1 heterocycles. The molecule has 1 fully saturated rings. The first-order chi connectivity index (χ1) is 14.4. The summed E-state index contributed by atoms with van der Waals surface area (Å²) in [6.07, 6.45) is 0. The van der Waals surface area contributed by atoms with Gasteiger partial charge in [0.15, 0.2) is 0 Å². The normalized spacial score (nSPS) is 18.1. The van der Waals surface area contributed by atoms with Gasteiger partial charge in [0.1, 0.15) is 5.76 Å². The highest BCUT2D eigenvalue weighted by atomic mass is 79.9. The Hall–Kier alpha value is -3.18. The number of nitrogens with zero attached hydrogens (tertiary/aromatic N) is 1. The van der Waals surface area contributed by atoms with E-state index in [0.717, 1.165) is 21.2 Å². The van der Waals surface area contributed by atoms with Gasteiger partial charge in [0.25, 0.3) is 11.7 Å². The van der Waals surface area contributed by atoms with Crippen molar-refractivity contribution in [3.63, 3.8) is 0 Å². The van der Waals surface area contributed by atoms with Crippen molar-refractivity contribution < 1.29 is 14.7 Å². The molecule has 4 nitrogen and oxygen atoms in total. The van der Waals surface area contributed by atoms with E-state index in [2.05, 4.69) is 15.9 Å². The van der Waals surface area contributed by atoms with Crippen molar-refractivity contribution in [1.82, 2.24) is 0 Å². The van der Waals surface area contributed by atoms with Crippen molar-refractivity contribution in [2.75, 3.05) is 4.90 Å². The molecule has 1 amide bonds. The fourth-order valence-corrected chi connectivity index (χ4v) is 4.13. The second kappa shape index (κ2) is 7.92. The second-order valence-electron chi connectivity index (χ2n) is 7.32. The first-order valence-electron chi connectivity index (χ1n) is 9.58. The summed E-state index contributed by atoms with van der Waals surface area (Å²) in [5.74, 6) is -1.51. The Labute approximate surface area is 183 Å². The third kappa shape index (κ3) is 3.35. The van der Waals surface area contributed by atoms with Crippen molar-refractivity contribution in [3.05, 3.63) is 105 Å². The molecule has 1 atom stereocenters. The summed E-state index contributed by atoms with van der Waals surface area (Å²) >= 11 is 3.38. The molecule has 3 aromatic rings. The second-order valence-corrected chi connectivity index (χ2v) is 8.23. The van der Waals surface area contributed by atoms with Crippen LogP contribution >= 0.6 is 15.9 Å². The molecule has 0 spiro atoms. The number of para-hydroxylation sites is 1. The van der Waals surface area contributed by atoms with Gasteiger partial charge in [-0.25, -0.2) is 0 Å². The van der Waals surface area contributed by atoms with Crippen molar-refractivity contribution in [2.24, 2.45) is 0 Å². The minimum Gasteiger partial charge on any atom is -0.507 e. The summed E-state index contributed by atoms with van der Waals surface area (Å²) in [5.41, 5.74) is 3.85. The minimum atomic E-state index is -0.712. The number of rotatable bonds is 3. The van der Waals surface area contributed by atoms with E-state index in [1.165, 1.54) is 4.90 Å². The van der Waals surface area contributed by atoms with Crippen LogP contribution in [0, 0.1) is 13.8 Å². The predicted molar refractivity (Wildman–Crippen MR) is 121 cm³/mol. The molecule has 0 saturated carbocycles. The Kier molecular flexibility index (Phi) is 5.31. The molecule has 1 aliphatic heterocycles. The van der Waals surface area contributed by atoms with E-state index in [9.17, 15) is 14.7 Å². The Morgan fingerprint density at radius 2 is 1.47 bits per heavy atom. The maximum atomic E-state index is 13.2. The molecular formula is C25H20BrNO3. The number of aryl methyl sites for hydroxylation is 2. The van der Waals surface area contributed by atoms with E-state index in [-0.39, 0.29) is 11.3 Å². The molecule has 0 bridgehead atoms. The molecule has 0 aliphatic carbocycles. The molecule has 1 N–H and O–H groups in total. The smallest absolute Gasteiger partial charge is 0.300 e. The number of aliphatic hydroxyl groups is 1. The van der Waals surface area contributed by atoms with Gasteiger partial charge in [-0.05, 0) is 48.7 Å². The molecule has 30 heavy (non-hydrogen) atoms. The summed E-state index contributed by atoms with van der Waals surface area (Å²) in [7, 11) is 0. The van der Waals surface area contributed by atoms with Crippen molar-refractivity contribution in [1.29, 1.82) is 0 Å². The molecular weight excluding hydrogens is 442 g/mol. The van der Waals surface area contributed by atoms with Crippen molar-refractivity contribution in [2.45, 2.75) is 19.9 Å². The number of Topliss-reactive ketones (excluding diaryl/α,β-unsaturated/α-hetero) is 1. The summed E-state index contributed by atoms with van der Waals surface area (Å²) in [6.45, 7) is 3.84. The highest BCUT2D eigenvalue weighted by molar-refractivity contribution is 9.10. The molecule has 0 radical (unpaired) electrons. The number of hydrogen-bond acceptors (Lipinski definition) is 3. The van der Waals surface area contributed by atoms with Crippen molar-refractivity contribution >= 4 is 39.1 Å². The largest absolute Gasteiger partial charge is 0.507 e. The number of carbonyl (C=O) groups is 2. The number of amides is 1. The van der Waals surface area contributed by atoms with Gasteiger partial charge in [0.2, 0.25) is 0 Å². The van der Waals surface area contributed by atoms with E-state index in [4.69, 9.17) is 0 Å². The quantitative estimate of drug-likeness (QED) is 0.309. The number of halogens is 1. The summed E-state index contributed by atoms with van der Waals surface area (Å²) in [5, 5.41) is 11.1.